The number of hydrogen-bond donors (Lipinski definition) is 0. The number of unbranched alkanes of at least 4 members (excludes halogenated alkanes) is 1. The summed E-state index contributed by atoms with van der Waals surface area (Å²) >= 11 is 49.3. The highest BCUT2D eigenvalue weighted by Crippen LogP contribution is 2.46. The molecule has 0 saturated heterocycles. The Bertz CT molecular complexity index is 1820. The third-order valence-corrected chi connectivity index (χ3v) is 11.1. The highest BCUT2D eigenvalue weighted by molar-refractivity contribution is 6.56. The average molecular weight is 800 g/mol. The van der Waals surface area contributed by atoms with Gasteiger partial charge in [0.25, 0.3) is 23.6 Å². The summed E-state index contributed by atoms with van der Waals surface area (Å²) in [6.07, 6.45) is -0.0841. The van der Waals surface area contributed by atoms with Crippen LogP contribution in [0.15, 0.2) is 30.3 Å². The number of Topliss-reactive ketones (excluding diaryl/α,β-unsaturated/α-hetero) is 1. The molecule has 0 aromatic heterocycles. The summed E-state index contributed by atoms with van der Waals surface area (Å²) < 4.78 is 5.27. The van der Waals surface area contributed by atoms with Gasteiger partial charge in [-0.1, -0.05) is 123 Å². The van der Waals surface area contributed by atoms with E-state index >= 15 is 0 Å². The zero-order valence-corrected chi connectivity index (χ0v) is 29.3. The highest BCUT2D eigenvalue weighted by atomic mass is 35.5. The number of halogens is 8. The molecule has 1 atom stereocenters. The second kappa shape index (κ2) is 14.1. The van der Waals surface area contributed by atoms with Crippen molar-refractivity contribution in [2.24, 2.45) is 0 Å². The van der Waals surface area contributed by atoms with Crippen LogP contribution < -0.4 is 0 Å². The molecule has 2 aliphatic heterocycles. The molecular formula is C30H16Cl8N2O7. The van der Waals surface area contributed by atoms with E-state index in [0.29, 0.717) is 4.90 Å². The number of esters is 1. The van der Waals surface area contributed by atoms with Crippen LogP contribution in [0.3, 0.4) is 0 Å². The van der Waals surface area contributed by atoms with Gasteiger partial charge >= 0.3 is 5.97 Å². The van der Waals surface area contributed by atoms with E-state index in [1.54, 1.807) is 18.2 Å². The molecular weight excluding hydrogens is 784 g/mol. The fourth-order valence-corrected chi connectivity index (χ4v) is 7.18. The molecule has 0 N–H and O–H groups in total. The quantitative estimate of drug-likeness (QED) is 0.0503. The number of benzene rings is 3. The van der Waals surface area contributed by atoms with Crippen LogP contribution in [-0.2, 0) is 9.53 Å². The maximum absolute atomic E-state index is 13.6. The van der Waals surface area contributed by atoms with E-state index in [1.807, 2.05) is 0 Å². The summed E-state index contributed by atoms with van der Waals surface area (Å²) in [5, 5.41) is -2.04. The SMILES string of the molecule is O=C(COC(=O)C(CCCCN1C(=O)c2c(Cl)c(Cl)c(Cl)c(Cl)c2C1=O)N1C(=O)c2c(Cl)c(Cl)c(Cl)c(Cl)c2C1=O)c1ccccc1. The van der Waals surface area contributed by atoms with Crippen molar-refractivity contribution in [3.63, 3.8) is 0 Å². The van der Waals surface area contributed by atoms with Crippen LogP contribution in [0.2, 0.25) is 40.2 Å². The van der Waals surface area contributed by atoms with Gasteiger partial charge < -0.3 is 4.74 Å². The van der Waals surface area contributed by atoms with Gasteiger partial charge in [-0.15, -0.1) is 0 Å². The van der Waals surface area contributed by atoms with Crippen LogP contribution in [0.25, 0.3) is 0 Å². The molecule has 0 saturated carbocycles. The predicted octanol–water partition coefficient (Wildman–Crippen LogP) is 8.77. The number of rotatable bonds is 10. The lowest BCUT2D eigenvalue weighted by Crippen LogP contribution is -2.46. The summed E-state index contributed by atoms with van der Waals surface area (Å²) in [4.78, 5) is 80.9. The number of carbonyl (C=O) groups is 6. The van der Waals surface area contributed by atoms with Crippen molar-refractivity contribution < 1.29 is 33.5 Å². The molecule has 3 aromatic rings. The van der Waals surface area contributed by atoms with Crippen molar-refractivity contribution in [2.45, 2.75) is 25.3 Å². The van der Waals surface area contributed by atoms with Crippen LogP contribution in [0, 0.1) is 0 Å². The smallest absolute Gasteiger partial charge is 0.329 e. The van der Waals surface area contributed by atoms with Gasteiger partial charge in [-0.3, -0.25) is 33.8 Å². The molecule has 0 radical (unpaired) electrons. The molecule has 0 fully saturated rings. The molecule has 2 aliphatic rings. The molecule has 2 heterocycles. The first-order valence-electron chi connectivity index (χ1n) is 13.4. The van der Waals surface area contributed by atoms with Gasteiger partial charge in [0.15, 0.2) is 12.4 Å². The summed E-state index contributed by atoms with van der Waals surface area (Å²) in [6.45, 7) is -0.864. The minimum absolute atomic E-state index is 0.0547. The monoisotopic (exact) mass is 796 g/mol. The molecule has 17 heteroatoms. The Labute approximate surface area is 306 Å². The average Bonchev–Trinajstić information content (AvgIpc) is 3.47. The Morgan fingerprint density at radius 1 is 0.596 bits per heavy atom. The lowest BCUT2D eigenvalue weighted by atomic mass is 10.1. The van der Waals surface area contributed by atoms with Gasteiger partial charge in [-0.2, -0.15) is 0 Å². The molecule has 1 unspecified atom stereocenters. The molecule has 0 aliphatic carbocycles. The van der Waals surface area contributed by atoms with Gasteiger partial charge in [0.05, 0.1) is 62.4 Å². The van der Waals surface area contributed by atoms with Gasteiger partial charge in [-0.05, 0) is 19.3 Å². The first-order valence-corrected chi connectivity index (χ1v) is 16.4. The predicted molar refractivity (Wildman–Crippen MR) is 178 cm³/mol. The molecule has 4 amide bonds. The zero-order valence-electron chi connectivity index (χ0n) is 23.3. The second-order valence-corrected chi connectivity index (χ2v) is 13.2. The number of imide groups is 2. The van der Waals surface area contributed by atoms with Crippen molar-refractivity contribution >= 4 is 128 Å². The number of hydrogen-bond acceptors (Lipinski definition) is 7. The Kier molecular flexibility index (Phi) is 10.7. The van der Waals surface area contributed by atoms with Gasteiger partial charge in [0, 0.05) is 12.1 Å². The number of fused-ring (bicyclic) bond motifs is 2. The van der Waals surface area contributed by atoms with Crippen LogP contribution in [0.5, 0.6) is 0 Å². The van der Waals surface area contributed by atoms with E-state index in [1.165, 1.54) is 12.1 Å². The van der Waals surface area contributed by atoms with E-state index in [4.69, 9.17) is 97.5 Å². The topological polar surface area (TPSA) is 118 Å². The fraction of sp³-hybridized carbons (Fsp3) is 0.200. The van der Waals surface area contributed by atoms with Gasteiger partial charge in [0.1, 0.15) is 6.04 Å². The Hall–Kier alpha value is -2.60. The normalized spacial score (nSPS) is 14.6. The molecule has 3 aromatic carbocycles. The lowest BCUT2D eigenvalue weighted by molar-refractivity contribution is -0.147. The molecule has 0 spiro atoms. The Morgan fingerprint density at radius 3 is 1.47 bits per heavy atom. The minimum Gasteiger partial charge on any atom is -0.456 e. The third kappa shape index (κ3) is 6.22. The van der Waals surface area contributed by atoms with E-state index in [-0.39, 0.29) is 93.8 Å². The highest BCUT2D eigenvalue weighted by Gasteiger charge is 2.47. The summed E-state index contributed by atoms with van der Waals surface area (Å²) in [5.74, 6) is -5.13. The first kappa shape index (κ1) is 35.7. The van der Waals surface area contributed by atoms with Crippen molar-refractivity contribution in [3.05, 3.63) is 98.3 Å². The van der Waals surface area contributed by atoms with E-state index in [2.05, 4.69) is 0 Å². The fourth-order valence-electron chi connectivity index (χ4n) is 5.15. The maximum Gasteiger partial charge on any atom is 0.329 e. The van der Waals surface area contributed by atoms with E-state index < -0.39 is 48.0 Å². The van der Waals surface area contributed by atoms with Gasteiger partial charge in [-0.25, -0.2) is 4.79 Å². The Balaban J connectivity index is 1.36. The maximum atomic E-state index is 13.6. The molecule has 5 rings (SSSR count). The van der Waals surface area contributed by atoms with Crippen molar-refractivity contribution in [1.29, 1.82) is 0 Å². The summed E-state index contributed by atoms with van der Waals surface area (Å²) in [5.41, 5.74) is -0.836. The van der Waals surface area contributed by atoms with Crippen molar-refractivity contribution in [2.75, 3.05) is 13.2 Å². The Morgan fingerprint density at radius 2 is 1.02 bits per heavy atom. The van der Waals surface area contributed by atoms with E-state index in [0.717, 1.165) is 4.90 Å². The number of amides is 4. The van der Waals surface area contributed by atoms with Crippen molar-refractivity contribution in [1.82, 2.24) is 9.80 Å². The van der Waals surface area contributed by atoms with Crippen LogP contribution in [0.1, 0.15) is 71.1 Å². The number of ketones is 1. The zero-order chi connectivity index (χ0) is 34.5. The first-order chi connectivity index (χ1) is 22.2. The van der Waals surface area contributed by atoms with Crippen molar-refractivity contribution in [3.8, 4) is 0 Å². The largest absolute Gasteiger partial charge is 0.456 e. The number of ether oxygens (including phenoxy) is 1. The van der Waals surface area contributed by atoms with Crippen LogP contribution in [0.4, 0.5) is 0 Å². The van der Waals surface area contributed by atoms with Gasteiger partial charge in [0.2, 0.25) is 0 Å². The minimum atomic E-state index is -1.58. The standard InChI is InChI=1S/C30H16Cl8N2O7/c31-18-14-15(19(32)23(36)22(18)35)27(43)39(26(14)42)9-5-4-8-12(30(46)47-10-13(41)11-6-2-1-3-7-11)40-28(44)16-17(29(40)45)21(34)25(38)24(37)20(16)33/h1-3,6-7,12H,4-5,8-10H2. The molecule has 47 heavy (non-hydrogen) atoms. The van der Waals surface area contributed by atoms with E-state index in [9.17, 15) is 28.8 Å². The molecule has 0 bridgehead atoms. The number of nitrogens with zero attached hydrogens (tertiary/aromatic N) is 2. The molecule has 9 nitrogen and oxygen atoms in total. The summed E-state index contributed by atoms with van der Waals surface area (Å²) in [7, 11) is 0. The van der Waals surface area contributed by atoms with Crippen LogP contribution >= 0.6 is 92.8 Å². The summed E-state index contributed by atoms with van der Waals surface area (Å²) in [6, 6.07) is 6.41. The lowest BCUT2D eigenvalue weighted by Gasteiger charge is -2.25. The molecule has 244 valence electrons. The van der Waals surface area contributed by atoms with Crippen LogP contribution in [-0.4, -0.2) is 64.4 Å². The third-order valence-electron chi connectivity index (χ3n) is 7.45. The second-order valence-electron chi connectivity index (χ2n) is 10.2. The number of carbonyl (C=O) groups excluding carboxylic acids is 6.